The summed E-state index contributed by atoms with van der Waals surface area (Å²) in [5.74, 6) is 1.47. The number of amides is 1. The first kappa shape index (κ1) is 17.6. The quantitative estimate of drug-likeness (QED) is 0.763. The summed E-state index contributed by atoms with van der Waals surface area (Å²) in [5.41, 5.74) is 0.376. The van der Waals surface area contributed by atoms with Crippen molar-refractivity contribution in [3.63, 3.8) is 0 Å². The van der Waals surface area contributed by atoms with E-state index in [1.54, 1.807) is 18.2 Å². The summed E-state index contributed by atoms with van der Waals surface area (Å²) in [6.07, 6.45) is 2.29. The molecular formula is C16H23NO5S. The molecule has 6 nitrogen and oxygen atoms in total. The van der Waals surface area contributed by atoms with Crippen LogP contribution < -0.4 is 14.8 Å². The van der Waals surface area contributed by atoms with Gasteiger partial charge in [0.1, 0.15) is 17.1 Å². The van der Waals surface area contributed by atoms with Crippen LogP contribution in [-0.2, 0) is 9.84 Å². The van der Waals surface area contributed by atoms with Crippen LogP contribution in [0, 0.1) is 5.92 Å². The highest BCUT2D eigenvalue weighted by Gasteiger charge is 2.27. The maximum absolute atomic E-state index is 12.3. The van der Waals surface area contributed by atoms with E-state index in [0.29, 0.717) is 29.4 Å². The summed E-state index contributed by atoms with van der Waals surface area (Å²) in [7, 11) is 0.182. The van der Waals surface area contributed by atoms with Gasteiger partial charge in [-0.25, -0.2) is 8.42 Å². The number of carbonyl (C=O) groups is 1. The zero-order chi connectivity index (χ0) is 16.9. The molecule has 1 aliphatic heterocycles. The fourth-order valence-corrected chi connectivity index (χ4v) is 4.77. The Morgan fingerprint density at radius 2 is 1.91 bits per heavy atom. The van der Waals surface area contributed by atoms with Crippen molar-refractivity contribution < 1.29 is 22.7 Å². The van der Waals surface area contributed by atoms with Gasteiger partial charge in [0.05, 0.1) is 25.7 Å². The Hall–Kier alpha value is -1.76. The van der Waals surface area contributed by atoms with Crippen LogP contribution in [0.1, 0.15) is 29.6 Å². The first-order valence-corrected chi connectivity index (χ1v) is 9.48. The van der Waals surface area contributed by atoms with E-state index in [2.05, 4.69) is 5.32 Å². The van der Waals surface area contributed by atoms with Gasteiger partial charge in [-0.2, -0.15) is 0 Å². The number of hydrogen-bond acceptors (Lipinski definition) is 5. The van der Waals surface area contributed by atoms with E-state index in [-0.39, 0.29) is 17.6 Å². The van der Waals surface area contributed by atoms with Gasteiger partial charge < -0.3 is 14.8 Å². The monoisotopic (exact) mass is 341 g/mol. The average molecular weight is 341 g/mol. The Bertz CT molecular complexity index is 634. The van der Waals surface area contributed by atoms with Gasteiger partial charge in [0, 0.05) is 6.54 Å². The Morgan fingerprint density at radius 3 is 2.43 bits per heavy atom. The van der Waals surface area contributed by atoms with E-state index in [4.69, 9.17) is 9.47 Å². The van der Waals surface area contributed by atoms with Crippen LogP contribution in [0.3, 0.4) is 0 Å². The maximum Gasteiger partial charge on any atom is 0.258 e. The van der Waals surface area contributed by atoms with Gasteiger partial charge in [-0.05, 0) is 37.3 Å². The van der Waals surface area contributed by atoms with E-state index in [9.17, 15) is 13.2 Å². The first-order chi connectivity index (χ1) is 11.0. The van der Waals surface area contributed by atoms with Gasteiger partial charge in [0.2, 0.25) is 0 Å². The number of methoxy groups -OCH3 is 2. The van der Waals surface area contributed by atoms with Crippen molar-refractivity contribution in [3.8, 4) is 11.5 Å². The second-order valence-corrected chi connectivity index (χ2v) is 7.93. The number of rotatable bonds is 7. The molecule has 1 heterocycles. The SMILES string of the molecule is COc1cccc(OC)c1C(=O)NCCCC1CCS(=O)(=O)C1. The van der Waals surface area contributed by atoms with Crippen molar-refractivity contribution in [3.05, 3.63) is 23.8 Å². The highest BCUT2D eigenvalue weighted by atomic mass is 32.2. The molecule has 1 aliphatic rings. The van der Waals surface area contributed by atoms with Crippen LogP contribution in [0.15, 0.2) is 18.2 Å². The topological polar surface area (TPSA) is 81.7 Å². The Kier molecular flexibility index (Phi) is 5.87. The predicted octanol–water partition coefficient (Wildman–Crippen LogP) is 1.65. The third-order valence-corrected chi connectivity index (χ3v) is 5.89. The molecule has 7 heteroatoms. The molecule has 1 atom stereocenters. The average Bonchev–Trinajstić information content (AvgIpc) is 2.89. The Balaban J connectivity index is 1.86. The minimum atomic E-state index is -2.83. The van der Waals surface area contributed by atoms with Crippen LogP contribution in [0.4, 0.5) is 0 Å². The van der Waals surface area contributed by atoms with Crippen LogP contribution in [0.25, 0.3) is 0 Å². The standard InChI is InChI=1S/C16H23NO5S/c1-21-13-6-3-7-14(22-2)15(13)16(18)17-9-4-5-12-8-10-23(19,20)11-12/h3,6-7,12H,4-5,8-11H2,1-2H3,(H,17,18). The molecule has 1 saturated heterocycles. The molecule has 0 bridgehead atoms. The number of carbonyl (C=O) groups excluding carboxylic acids is 1. The summed E-state index contributed by atoms with van der Waals surface area (Å²) in [5, 5.41) is 2.84. The van der Waals surface area contributed by atoms with Crippen LogP contribution in [0.5, 0.6) is 11.5 Å². The molecule has 1 aromatic rings. The molecule has 1 aromatic carbocycles. The van der Waals surface area contributed by atoms with Crippen molar-refractivity contribution in [1.29, 1.82) is 0 Å². The molecule has 23 heavy (non-hydrogen) atoms. The summed E-state index contributed by atoms with van der Waals surface area (Å²) in [6.45, 7) is 0.497. The second kappa shape index (κ2) is 7.68. The molecule has 1 amide bonds. The lowest BCUT2D eigenvalue weighted by Gasteiger charge is -2.13. The van der Waals surface area contributed by atoms with Gasteiger partial charge in [0.15, 0.2) is 9.84 Å². The Morgan fingerprint density at radius 1 is 1.26 bits per heavy atom. The van der Waals surface area contributed by atoms with Crippen LogP contribution in [-0.4, -0.2) is 46.6 Å². The number of sulfone groups is 1. The van der Waals surface area contributed by atoms with Gasteiger partial charge in [-0.3, -0.25) is 4.79 Å². The second-order valence-electron chi connectivity index (χ2n) is 5.70. The molecule has 0 aromatic heterocycles. The van der Waals surface area contributed by atoms with Gasteiger partial charge in [-0.1, -0.05) is 6.07 Å². The largest absolute Gasteiger partial charge is 0.496 e. The molecule has 0 spiro atoms. The highest BCUT2D eigenvalue weighted by molar-refractivity contribution is 7.91. The zero-order valence-electron chi connectivity index (χ0n) is 13.5. The molecule has 1 N–H and O–H groups in total. The number of ether oxygens (including phenoxy) is 2. The van der Waals surface area contributed by atoms with Crippen molar-refractivity contribution in [2.24, 2.45) is 5.92 Å². The minimum Gasteiger partial charge on any atom is -0.496 e. The Labute approximate surface area is 137 Å². The third-order valence-electron chi connectivity index (χ3n) is 4.06. The van der Waals surface area contributed by atoms with E-state index in [1.807, 2.05) is 0 Å². The first-order valence-electron chi connectivity index (χ1n) is 7.66. The van der Waals surface area contributed by atoms with Gasteiger partial charge in [0.25, 0.3) is 5.91 Å². The number of nitrogens with one attached hydrogen (secondary N) is 1. The summed E-state index contributed by atoms with van der Waals surface area (Å²) < 4.78 is 33.2. The van der Waals surface area contributed by atoms with Crippen LogP contribution >= 0.6 is 0 Å². The van der Waals surface area contributed by atoms with Gasteiger partial charge >= 0.3 is 0 Å². The number of benzene rings is 1. The molecule has 0 saturated carbocycles. The summed E-state index contributed by atoms with van der Waals surface area (Å²) in [6, 6.07) is 5.18. The maximum atomic E-state index is 12.3. The molecule has 1 fully saturated rings. The van der Waals surface area contributed by atoms with E-state index >= 15 is 0 Å². The third kappa shape index (κ3) is 4.60. The van der Waals surface area contributed by atoms with Crippen molar-refractivity contribution in [2.45, 2.75) is 19.3 Å². The molecule has 1 unspecified atom stereocenters. The number of hydrogen-bond donors (Lipinski definition) is 1. The molecule has 2 rings (SSSR count). The van der Waals surface area contributed by atoms with Gasteiger partial charge in [-0.15, -0.1) is 0 Å². The van der Waals surface area contributed by atoms with Crippen LogP contribution in [0.2, 0.25) is 0 Å². The fraction of sp³-hybridized carbons (Fsp3) is 0.562. The lowest BCUT2D eigenvalue weighted by molar-refractivity contribution is 0.0946. The zero-order valence-corrected chi connectivity index (χ0v) is 14.3. The van der Waals surface area contributed by atoms with Crippen molar-refractivity contribution >= 4 is 15.7 Å². The van der Waals surface area contributed by atoms with Crippen molar-refractivity contribution in [2.75, 3.05) is 32.3 Å². The molecule has 0 aliphatic carbocycles. The predicted molar refractivity (Wildman–Crippen MR) is 87.9 cm³/mol. The fourth-order valence-electron chi connectivity index (χ4n) is 2.86. The van der Waals surface area contributed by atoms with E-state index in [0.717, 1.165) is 19.3 Å². The normalized spacial score (nSPS) is 19.3. The smallest absolute Gasteiger partial charge is 0.258 e. The van der Waals surface area contributed by atoms with E-state index < -0.39 is 9.84 Å². The molecule has 0 radical (unpaired) electrons. The highest BCUT2D eigenvalue weighted by Crippen LogP contribution is 2.28. The summed E-state index contributed by atoms with van der Waals surface area (Å²) in [4.78, 5) is 12.3. The molecular weight excluding hydrogens is 318 g/mol. The molecule has 128 valence electrons. The van der Waals surface area contributed by atoms with E-state index in [1.165, 1.54) is 14.2 Å². The summed E-state index contributed by atoms with van der Waals surface area (Å²) >= 11 is 0. The lowest BCUT2D eigenvalue weighted by Crippen LogP contribution is -2.26. The lowest BCUT2D eigenvalue weighted by atomic mass is 10.0. The van der Waals surface area contributed by atoms with Crippen molar-refractivity contribution in [1.82, 2.24) is 5.32 Å². The minimum absolute atomic E-state index is 0.220.